The van der Waals surface area contributed by atoms with Gasteiger partial charge in [-0.1, -0.05) is 0 Å². The van der Waals surface area contributed by atoms with Crippen molar-refractivity contribution in [3.8, 4) is 5.88 Å². The summed E-state index contributed by atoms with van der Waals surface area (Å²) in [6, 6.07) is 1.78. The third-order valence-corrected chi connectivity index (χ3v) is 2.92. The molecule has 1 aromatic rings. The highest BCUT2D eigenvalue weighted by Crippen LogP contribution is 2.18. The van der Waals surface area contributed by atoms with Crippen molar-refractivity contribution in [2.24, 2.45) is 0 Å². The fourth-order valence-corrected chi connectivity index (χ4v) is 1.99. The molecule has 0 aromatic carbocycles. The van der Waals surface area contributed by atoms with Crippen molar-refractivity contribution in [2.75, 3.05) is 38.3 Å². The van der Waals surface area contributed by atoms with Crippen molar-refractivity contribution < 1.29 is 19.0 Å². The lowest BCUT2D eigenvalue weighted by Gasteiger charge is -2.31. The largest absolute Gasteiger partial charge is 0.478 e. The second-order valence-electron chi connectivity index (χ2n) is 4.41. The van der Waals surface area contributed by atoms with Gasteiger partial charge in [0, 0.05) is 18.3 Å². The van der Waals surface area contributed by atoms with Crippen LogP contribution in [0.3, 0.4) is 0 Å². The van der Waals surface area contributed by atoms with E-state index in [1.54, 1.807) is 6.07 Å². The first kappa shape index (κ1) is 14.5. The standard InChI is InChI=1S/C13H19N3O4/c1-4-19-11-7-9(2)14-13(15-11)16-5-6-20-10(8-16)12(17)18-3/h7,10H,4-6,8H2,1-3H3. The van der Waals surface area contributed by atoms with Gasteiger partial charge >= 0.3 is 5.97 Å². The molecule has 0 saturated carbocycles. The Bertz CT molecular complexity index is 481. The Labute approximate surface area is 117 Å². The molecular formula is C13H19N3O4. The lowest BCUT2D eigenvalue weighted by molar-refractivity contribution is -0.154. The van der Waals surface area contributed by atoms with E-state index in [9.17, 15) is 4.79 Å². The molecule has 1 aliphatic heterocycles. The Balaban J connectivity index is 2.15. The summed E-state index contributed by atoms with van der Waals surface area (Å²) in [6.07, 6.45) is -0.603. The molecule has 2 heterocycles. The van der Waals surface area contributed by atoms with E-state index in [1.165, 1.54) is 7.11 Å². The van der Waals surface area contributed by atoms with Crippen molar-refractivity contribution in [1.82, 2.24) is 9.97 Å². The van der Waals surface area contributed by atoms with E-state index in [4.69, 9.17) is 14.2 Å². The van der Waals surface area contributed by atoms with Crippen molar-refractivity contribution in [1.29, 1.82) is 0 Å². The van der Waals surface area contributed by atoms with Gasteiger partial charge in [-0.2, -0.15) is 4.98 Å². The van der Waals surface area contributed by atoms with Crippen LogP contribution in [-0.4, -0.2) is 55.5 Å². The topological polar surface area (TPSA) is 73.8 Å². The number of ether oxygens (including phenoxy) is 3. The summed E-state index contributed by atoms with van der Waals surface area (Å²) >= 11 is 0. The van der Waals surface area contributed by atoms with Crippen LogP contribution in [0, 0.1) is 6.92 Å². The van der Waals surface area contributed by atoms with Crippen molar-refractivity contribution in [2.45, 2.75) is 20.0 Å². The zero-order valence-electron chi connectivity index (χ0n) is 12.0. The summed E-state index contributed by atoms with van der Waals surface area (Å²) < 4.78 is 15.5. The fraction of sp³-hybridized carbons (Fsp3) is 0.615. The molecule has 0 N–H and O–H groups in total. The van der Waals surface area contributed by atoms with Gasteiger partial charge in [-0.15, -0.1) is 0 Å². The van der Waals surface area contributed by atoms with E-state index < -0.39 is 6.10 Å². The zero-order valence-corrected chi connectivity index (χ0v) is 12.0. The summed E-state index contributed by atoms with van der Waals surface area (Å²) in [5, 5.41) is 0. The quantitative estimate of drug-likeness (QED) is 0.747. The summed E-state index contributed by atoms with van der Waals surface area (Å²) in [7, 11) is 1.35. The average molecular weight is 281 g/mol. The third-order valence-electron chi connectivity index (χ3n) is 2.92. The summed E-state index contributed by atoms with van der Waals surface area (Å²) in [4.78, 5) is 22.2. The van der Waals surface area contributed by atoms with E-state index in [0.29, 0.717) is 38.1 Å². The van der Waals surface area contributed by atoms with Gasteiger partial charge in [-0.05, 0) is 13.8 Å². The van der Waals surface area contributed by atoms with Crippen LogP contribution in [0.25, 0.3) is 0 Å². The zero-order chi connectivity index (χ0) is 14.5. The first-order chi connectivity index (χ1) is 9.63. The highest BCUT2D eigenvalue weighted by molar-refractivity contribution is 5.75. The first-order valence-corrected chi connectivity index (χ1v) is 6.57. The predicted molar refractivity (Wildman–Crippen MR) is 71.9 cm³/mol. The van der Waals surface area contributed by atoms with Gasteiger partial charge in [0.15, 0.2) is 6.10 Å². The van der Waals surface area contributed by atoms with E-state index in [-0.39, 0.29) is 5.97 Å². The molecule has 1 atom stereocenters. The number of morpholine rings is 1. The number of aryl methyl sites for hydroxylation is 1. The van der Waals surface area contributed by atoms with Gasteiger partial charge in [-0.3, -0.25) is 0 Å². The summed E-state index contributed by atoms with van der Waals surface area (Å²) in [5.74, 6) is 0.703. The van der Waals surface area contributed by atoms with Gasteiger partial charge in [0.2, 0.25) is 11.8 Å². The molecule has 1 aromatic heterocycles. The minimum absolute atomic E-state index is 0.377. The van der Waals surface area contributed by atoms with Crippen LogP contribution in [0.4, 0.5) is 5.95 Å². The van der Waals surface area contributed by atoms with Crippen molar-refractivity contribution >= 4 is 11.9 Å². The minimum Gasteiger partial charge on any atom is -0.478 e. The SMILES string of the molecule is CCOc1cc(C)nc(N2CCOC(C(=O)OC)C2)n1. The lowest BCUT2D eigenvalue weighted by Crippen LogP contribution is -2.47. The maximum absolute atomic E-state index is 11.5. The number of methoxy groups -OCH3 is 1. The molecule has 1 aliphatic rings. The van der Waals surface area contributed by atoms with Crippen LogP contribution < -0.4 is 9.64 Å². The van der Waals surface area contributed by atoms with Crippen LogP contribution in [0.1, 0.15) is 12.6 Å². The van der Waals surface area contributed by atoms with Crippen LogP contribution in [0.15, 0.2) is 6.07 Å². The van der Waals surface area contributed by atoms with Crippen LogP contribution >= 0.6 is 0 Å². The maximum atomic E-state index is 11.5. The van der Waals surface area contributed by atoms with Crippen molar-refractivity contribution in [3.05, 3.63) is 11.8 Å². The normalized spacial score (nSPS) is 18.8. The van der Waals surface area contributed by atoms with Gasteiger partial charge in [-0.25, -0.2) is 9.78 Å². The molecule has 110 valence electrons. The third kappa shape index (κ3) is 3.36. The number of hydrogen-bond donors (Lipinski definition) is 0. The van der Waals surface area contributed by atoms with Crippen molar-refractivity contribution in [3.63, 3.8) is 0 Å². The Morgan fingerprint density at radius 2 is 2.35 bits per heavy atom. The molecule has 0 bridgehead atoms. The van der Waals surface area contributed by atoms with Gasteiger partial charge in [0.05, 0.1) is 26.9 Å². The molecule has 0 spiro atoms. The Morgan fingerprint density at radius 3 is 3.05 bits per heavy atom. The highest BCUT2D eigenvalue weighted by Gasteiger charge is 2.29. The minimum atomic E-state index is -0.603. The van der Waals surface area contributed by atoms with Crippen LogP contribution in [0.2, 0.25) is 0 Å². The fourth-order valence-electron chi connectivity index (χ4n) is 1.99. The molecule has 1 saturated heterocycles. The molecule has 7 nitrogen and oxygen atoms in total. The monoisotopic (exact) mass is 281 g/mol. The van der Waals surface area contributed by atoms with Gasteiger partial charge < -0.3 is 19.1 Å². The van der Waals surface area contributed by atoms with Gasteiger partial charge in [0.1, 0.15) is 0 Å². The number of anilines is 1. The molecule has 0 aliphatic carbocycles. The molecule has 0 radical (unpaired) electrons. The number of carbonyl (C=O) groups is 1. The summed E-state index contributed by atoms with van der Waals surface area (Å²) in [5.41, 5.74) is 0.819. The molecule has 1 unspecified atom stereocenters. The predicted octanol–water partition coefficient (Wildman–Crippen LogP) is 0.562. The number of rotatable bonds is 4. The maximum Gasteiger partial charge on any atom is 0.336 e. The molecule has 0 amide bonds. The van der Waals surface area contributed by atoms with Gasteiger partial charge in [0.25, 0.3) is 0 Å². The molecule has 7 heteroatoms. The van der Waals surface area contributed by atoms with E-state index >= 15 is 0 Å². The van der Waals surface area contributed by atoms with E-state index in [0.717, 1.165) is 5.69 Å². The second kappa shape index (κ2) is 6.51. The average Bonchev–Trinajstić information content (AvgIpc) is 2.46. The molecular weight excluding hydrogens is 262 g/mol. The van der Waals surface area contributed by atoms with E-state index in [2.05, 4.69) is 9.97 Å². The molecule has 20 heavy (non-hydrogen) atoms. The van der Waals surface area contributed by atoms with Crippen LogP contribution in [0.5, 0.6) is 5.88 Å². The number of esters is 1. The van der Waals surface area contributed by atoms with E-state index in [1.807, 2.05) is 18.7 Å². The smallest absolute Gasteiger partial charge is 0.336 e. The lowest BCUT2D eigenvalue weighted by atomic mass is 10.3. The molecule has 2 rings (SSSR count). The Morgan fingerprint density at radius 1 is 1.55 bits per heavy atom. The highest BCUT2D eigenvalue weighted by atomic mass is 16.6. The van der Waals surface area contributed by atoms with Crippen LogP contribution in [-0.2, 0) is 14.3 Å². The first-order valence-electron chi connectivity index (χ1n) is 6.57. The Hall–Kier alpha value is -1.89. The number of aromatic nitrogens is 2. The summed E-state index contributed by atoms with van der Waals surface area (Å²) in [6.45, 7) is 5.76. The number of hydrogen-bond acceptors (Lipinski definition) is 7. The second-order valence-corrected chi connectivity index (χ2v) is 4.41. The number of nitrogens with zero attached hydrogens (tertiary/aromatic N) is 3. The Kier molecular flexibility index (Phi) is 4.73. The number of carbonyl (C=O) groups excluding carboxylic acids is 1. The molecule has 1 fully saturated rings.